The molecule has 1 amide bonds. The van der Waals surface area contributed by atoms with E-state index in [1.54, 1.807) is 6.07 Å². The van der Waals surface area contributed by atoms with Gasteiger partial charge in [0.2, 0.25) is 5.91 Å². The molecule has 1 radical (unpaired) electrons. The summed E-state index contributed by atoms with van der Waals surface area (Å²) in [4.78, 5) is 12.2. The summed E-state index contributed by atoms with van der Waals surface area (Å²) in [5.41, 5.74) is 14.3. The molecule has 1 heterocycles. The van der Waals surface area contributed by atoms with Gasteiger partial charge in [-0.05, 0) is 72.0 Å². The van der Waals surface area contributed by atoms with Crippen LogP contribution in [0.25, 0.3) is 32.9 Å². The number of nitrogens with zero attached hydrogens (tertiary/aromatic N) is 1. The normalized spacial score (nSPS) is 11.3. The van der Waals surface area contributed by atoms with Crippen LogP contribution in [-0.4, -0.2) is 10.5 Å². The van der Waals surface area contributed by atoms with Crippen LogP contribution in [0.2, 0.25) is 0 Å². The fourth-order valence-corrected chi connectivity index (χ4v) is 4.49. The minimum Gasteiger partial charge on any atom is -0.366 e. The molecule has 151 valence electrons. The highest BCUT2D eigenvalue weighted by Gasteiger charge is 2.18. The summed E-state index contributed by atoms with van der Waals surface area (Å²) in [7, 11) is 0. The SMILES string of the molecule is Cc1cccc(C)c1Cn1c2cc(-c3ccccc3)c[c]c2c2c(C(N)=O)cccc21. The number of hydrogen-bond acceptors (Lipinski definition) is 1. The molecule has 3 nitrogen and oxygen atoms in total. The van der Waals surface area contributed by atoms with Crippen LogP contribution in [0.5, 0.6) is 0 Å². The van der Waals surface area contributed by atoms with E-state index in [-0.39, 0.29) is 0 Å². The Balaban J connectivity index is 1.84. The second-order valence-corrected chi connectivity index (χ2v) is 8.04. The molecule has 2 N–H and O–H groups in total. The third kappa shape index (κ3) is 3.19. The van der Waals surface area contributed by atoms with Gasteiger partial charge in [0.05, 0.1) is 11.0 Å². The fourth-order valence-electron chi connectivity index (χ4n) is 4.49. The summed E-state index contributed by atoms with van der Waals surface area (Å²) in [5.74, 6) is -0.419. The van der Waals surface area contributed by atoms with Gasteiger partial charge in [-0.1, -0.05) is 54.6 Å². The Hall–Kier alpha value is -3.85. The van der Waals surface area contributed by atoms with Crippen molar-refractivity contribution in [2.24, 2.45) is 5.73 Å². The predicted octanol–water partition coefficient (Wildman–Crippen LogP) is 6.03. The number of amides is 1. The molecule has 5 aromatic rings. The van der Waals surface area contributed by atoms with Crippen molar-refractivity contribution in [3.63, 3.8) is 0 Å². The maximum absolute atomic E-state index is 12.2. The first-order valence-corrected chi connectivity index (χ1v) is 10.4. The van der Waals surface area contributed by atoms with Crippen molar-refractivity contribution in [1.29, 1.82) is 0 Å². The van der Waals surface area contributed by atoms with Gasteiger partial charge in [0.15, 0.2) is 0 Å². The molecule has 0 spiro atoms. The van der Waals surface area contributed by atoms with Gasteiger partial charge in [-0.3, -0.25) is 4.79 Å². The van der Waals surface area contributed by atoms with E-state index in [9.17, 15) is 4.79 Å². The van der Waals surface area contributed by atoms with E-state index in [4.69, 9.17) is 5.73 Å². The molecule has 0 aliphatic rings. The minimum atomic E-state index is -0.419. The first-order valence-electron chi connectivity index (χ1n) is 10.4. The van der Waals surface area contributed by atoms with Gasteiger partial charge in [-0.15, -0.1) is 0 Å². The van der Waals surface area contributed by atoms with Gasteiger partial charge in [-0.2, -0.15) is 0 Å². The molecule has 0 saturated carbocycles. The number of carbonyl (C=O) groups is 1. The molecule has 31 heavy (non-hydrogen) atoms. The van der Waals surface area contributed by atoms with Crippen LogP contribution in [0.4, 0.5) is 0 Å². The molecule has 5 rings (SSSR count). The number of aromatic nitrogens is 1. The molecule has 0 bridgehead atoms. The van der Waals surface area contributed by atoms with E-state index < -0.39 is 5.91 Å². The van der Waals surface area contributed by atoms with E-state index in [0.29, 0.717) is 12.1 Å². The van der Waals surface area contributed by atoms with Gasteiger partial charge < -0.3 is 10.3 Å². The van der Waals surface area contributed by atoms with Crippen molar-refractivity contribution in [3.8, 4) is 11.1 Å². The van der Waals surface area contributed by atoms with Crippen LogP contribution in [-0.2, 0) is 6.54 Å². The Kier molecular flexibility index (Phi) is 4.59. The molecule has 0 unspecified atom stereocenters. The smallest absolute Gasteiger partial charge is 0.249 e. The summed E-state index contributed by atoms with van der Waals surface area (Å²) < 4.78 is 2.29. The van der Waals surface area contributed by atoms with E-state index in [1.165, 1.54) is 16.7 Å². The zero-order chi connectivity index (χ0) is 21.5. The second-order valence-electron chi connectivity index (χ2n) is 8.04. The highest BCUT2D eigenvalue weighted by atomic mass is 16.1. The average Bonchev–Trinajstić information content (AvgIpc) is 3.10. The highest BCUT2D eigenvalue weighted by molar-refractivity contribution is 6.18. The molecule has 3 heteroatoms. The van der Waals surface area contributed by atoms with Crippen LogP contribution in [0.3, 0.4) is 0 Å². The molecule has 4 aromatic carbocycles. The molecule has 0 aliphatic carbocycles. The second kappa shape index (κ2) is 7.44. The van der Waals surface area contributed by atoms with Crippen LogP contribution in [0.1, 0.15) is 27.0 Å². The average molecular weight is 404 g/mol. The maximum atomic E-state index is 12.2. The molecule has 0 atom stereocenters. The third-order valence-corrected chi connectivity index (χ3v) is 6.13. The van der Waals surface area contributed by atoms with Crippen molar-refractivity contribution in [2.45, 2.75) is 20.4 Å². The Bertz CT molecular complexity index is 1420. The Labute approximate surface area is 181 Å². The van der Waals surface area contributed by atoms with E-state index in [2.05, 4.69) is 66.9 Å². The lowest BCUT2D eigenvalue weighted by atomic mass is 10.0. The summed E-state index contributed by atoms with van der Waals surface area (Å²) >= 11 is 0. The van der Waals surface area contributed by atoms with Gasteiger partial charge >= 0.3 is 0 Å². The highest BCUT2D eigenvalue weighted by Crippen LogP contribution is 2.35. The van der Waals surface area contributed by atoms with Gasteiger partial charge in [0.1, 0.15) is 0 Å². The number of primary amides is 1. The third-order valence-electron chi connectivity index (χ3n) is 6.13. The van der Waals surface area contributed by atoms with Crippen molar-refractivity contribution in [2.75, 3.05) is 0 Å². The Morgan fingerprint density at radius 1 is 0.871 bits per heavy atom. The van der Waals surface area contributed by atoms with Gasteiger partial charge in [-0.25, -0.2) is 0 Å². The van der Waals surface area contributed by atoms with Gasteiger partial charge in [0.25, 0.3) is 0 Å². The standard InChI is InChI=1S/C28H23N2O/c1-18-8-6-9-19(2)24(18)17-30-25-13-7-12-23(28(29)31)27(25)22-15-14-21(16-26(22)30)20-10-4-3-5-11-20/h3-14,16H,17H2,1-2H3,(H2,29,31). The monoisotopic (exact) mass is 403 g/mol. The number of nitrogens with two attached hydrogens (primary N) is 1. The largest absolute Gasteiger partial charge is 0.366 e. The van der Waals surface area contributed by atoms with Crippen LogP contribution in [0, 0.1) is 19.9 Å². The number of carbonyl (C=O) groups excluding carboxylic acids is 1. The number of hydrogen-bond donors (Lipinski definition) is 1. The van der Waals surface area contributed by atoms with Crippen molar-refractivity contribution < 1.29 is 4.79 Å². The topological polar surface area (TPSA) is 48.0 Å². The summed E-state index contributed by atoms with van der Waals surface area (Å²) in [5, 5.41) is 1.80. The molecular weight excluding hydrogens is 380 g/mol. The predicted molar refractivity (Wildman–Crippen MR) is 127 cm³/mol. The fraction of sp³-hybridized carbons (Fsp3) is 0.107. The van der Waals surface area contributed by atoms with Crippen LogP contribution < -0.4 is 5.73 Å². The maximum Gasteiger partial charge on any atom is 0.249 e. The van der Waals surface area contributed by atoms with Gasteiger partial charge in [0, 0.05) is 22.9 Å². The summed E-state index contributed by atoms with van der Waals surface area (Å²) in [6, 6.07) is 30.1. The number of rotatable bonds is 4. The summed E-state index contributed by atoms with van der Waals surface area (Å²) in [6.45, 7) is 5.01. The number of aryl methyl sites for hydroxylation is 2. The number of fused-ring (bicyclic) bond motifs is 3. The molecule has 0 fully saturated rings. The quantitative estimate of drug-likeness (QED) is 0.391. The zero-order valence-electron chi connectivity index (χ0n) is 17.6. The Morgan fingerprint density at radius 2 is 1.58 bits per heavy atom. The van der Waals surface area contributed by atoms with Crippen LogP contribution in [0.15, 0.2) is 78.9 Å². The van der Waals surface area contributed by atoms with Crippen LogP contribution >= 0.6 is 0 Å². The van der Waals surface area contributed by atoms with E-state index in [0.717, 1.165) is 32.9 Å². The lowest BCUT2D eigenvalue weighted by Gasteiger charge is -2.14. The first kappa shape index (κ1) is 19.1. The van der Waals surface area contributed by atoms with E-state index in [1.807, 2.05) is 30.3 Å². The Morgan fingerprint density at radius 3 is 2.29 bits per heavy atom. The number of benzene rings is 4. The minimum absolute atomic E-state index is 0.419. The zero-order valence-corrected chi connectivity index (χ0v) is 17.6. The van der Waals surface area contributed by atoms with Crippen molar-refractivity contribution >= 4 is 27.7 Å². The first-order chi connectivity index (χ1) is 15.0. The molecule has 0 saturated heterocycles. The molecular formula is C28H23N2O. The lowest BCUT2D eigenvalue weighted by molar-refractivity contribution is 0.100. The molecule has 1 aromatic heterocycles. The van der Waals surface area contributed by atoms with Crippen molar-refractivity contribution in [1.82, 2.24) is 4.57 Å². The lowest BCUT2D eigenvalue weighted by Crippen LogP contribution is -2.11. The molecule has 0 aliphatic heterocycles. The van der Waals surface area contributed by atoms with Crippen molar-refractivity contribution in [3.05, 3.63) is 107 Å². The van der Waals surface area contributed by atoms with E-state index >= 15 is 0 Å². The summed E-state index contributed by atoms with van der Waals surface area (Å²) in [6.07, 6.45) is 0.